The second-order valence-electron chi connectivity index (χ2n) is 5.12. The summed E-state index contributed by atoms with van der Waals surface area (Å²) in [6, 6.07) is 3.46. The number of aromatic amines is 1. The van der Waals surface area contributed by atoms with Gasteiger partial charge in [0.25, 0.3) is 5.56 Å². The van der Waals surface area contributed by atoms with Crippen molar-refractivity contribution in [2.45, 2.75) is 40.2 Å². The molecule has 2 rings (SSSR count). The molecule has 0 atom stereocenters. The van der Waals surface area contributed by atoms with Gasteiger partial charge in [0, 0.05) is 24.5 Å². The molecule has 102 valence electrons. The number of nitrogens with zero attached hydrogens (tertiary/aromatic N) is 3. The summed E-state index contributed by atoms with van der Waals surface area (Å²) in [7, 11) is 0. The van der Waals surface area contributed by atoms with Gasteiger partial charge in [-0.05, 0) is 24.8 Å². The topological polar surface area (TPSA) is 63.6 Å². The lowest BCUT2D eigenvalue weighted by molar-refractivity contribution is 0.604. The Bertz CT molecular complexity index is 597. The summed E-state index contributed by atoms with van der Waals surface area (Å²) < 4.78 is 1.87. The van der Waals surface area contributed by atoms with Gasteiger partial charge in [0.1, 0.15) is 5.69 Å². The Labute approximate surface area is 112 Å². The number of hydrogen-bond donors (Lipinski definition) is 1. The van der Waals surface area contributed by atoms with Crippen molar-refractivity contribution in [3.8, 4) is 11.5 Å². The van der Waals surface area contributed by atoms with Crippen LogP contribution in [0, 0.1) is 5.92 Å². The van der Waals surface area contributed by atoms with Crippen molar-refractivity contribution in [3.05, 3.63) is 34.4 Å². The number of rotatable bonds is 5. The Kier molecular flexibility index (Phi) is 4.14. The molecule has 1 N–H and O–H groups in total. The molecular formula is C14H20N4O. The highest BCUT2D eigenvalue weighted by Crippen LogP contribution is 2.14. The van der Waals surface area contributed by atoms with Gasteiger partial charge >= 0.3 is 0 Å². The molecule has 0 fully saturated rings. The maximum atomic E-state index is 11.7. The fourth-order valence-electron chi connectivity index (χ4n) is 2.08. The van der Waals surface area contributed by atoms with Crippen molar-refractivity contribution in [3.63, 3.8) is 0 Å². The van der Waals surface area contributed by atoms with E-state index >= 15 is 0 Å². The van der Waals surface area contributed by atoms with Gasteiger partial charge in [-0.25, -0.2) is 4.98 Å². The largest absolute Gasteiger partial charge is 0.305 e. The van der Waals surface area contributed by atoms with Crippen molar-refractivity contribution in [2.75, 3.05) is 0 Å². The fraction of sp³-hybridized carbons (Fsp3) is 0.500. The molecule has 5 nitrogen and oxygen atoms in total. The van der Waals surface area contributed by atoms with Crippen LogP contribution in [0.1, 0.15) is 32.9 Å². The second-order valence-corrected chi connectivity index (χ2v) is 5.12. The van der Waals surface area contributed by atoms with Crippen LogP contribution in [0.3, 0.4) is 0 Å². The Hall–Kier alpha value is -1.91. The number of hydrogen-bond acceptors (Lipinski definition) is 3. The van der Waals surface area contributed by atoms with E-state index < -0.39 is 0 Å². The highest BCUT2D eigenvalue weighted by molar-refractivity contribution is 5.48. The monoisotopic (exact) mass is 260 g/mol. The Morgan fingerprint density at radius 2 is 2.21 bits per heavy atom. The van der Waals surface area contributed by atoms with Crippen LogP contribution in [0.5, 0.6) is 0 Å². The normalized spacial score (nSPS) is 11.2. The molecule has 0 aliphatic carbocycles. The van der Waals surface area contributed by atoms with Gasteiger partial charge in [-0.1, -0.05) is 20.8 Å². The van der Waals surface area contributed by atoms with Crippen molar-refractivity contribution in [2.24, 2.45) is 5.92 Å². The molecule has 0 saturated heterocycles. The van der Waals surface area contributed by atoms with Crippen LogP contribution in [0.2, 0.25) is 0 Å². The molecule has 0 saturated carbocycles. The van der Waals surface area contributed by atoms with Gasteiger partial charge in [0.05, 0.1) is 0 Å². The molecule has 2 heterocycles. The third kappa shape index (κ3) is 3.30. The van der Waals surface area contributed by atoms with E-state index in [1.165, 1.54) is 0 Å². The molecular weight excluding hydrogens is 240 g/mol. The van der Waals surface area contributed by atoms with Crippen LogP contribution in [0.25, 0.3) is 11.5 Å². The highest BCUT2D eigenvalue weighted by Gasteiger charge is 2.10. The maximum absolute atomic E-state index is 11.7. The molecule has 5 heteroatoms. The third-order valence-electron chi connectivity index (χ3n) is 2.81. The average Bonchev–Trinajstić information content (AvgIpc) is 2.76. The van der Waals surface area contributed by atoms with E-state index in [0.29, 0.717) is 11.7 Å². The molecule has 0 aliphatic rings. The van der Waals surface area contributed by atoms with E-state index in [-0.39, 0.29) is 5.56 Å². The van der Waals surface area contributed by atoms with Crippen molar-refractivity contribution in [1.82, 2.24) is 19.7 Å². The smallest absolute Gasteiger partial charge is 0.251 e. The first kappa shape index (κ1) is 13.5. The minimum Gasteiger partial charge on any atom is -0.305 e. The minimum absolute atomic E-state index is 0.107. The van der Waals surface area contributed by atoms with E-state index in [1.54, 1.807) is 12.3 Å². The number of nitrogens with one attached hydrogen (secondary N) is 1. The third-order valence-corrected chi connectivity index (χ3v) is 2.81. The Morgan fingerprint density at radius 1 is 1.42 bits per heavy atom. The molecule has 2 aromatic rings. The Balaban J connectivity index is 2.41. The first-order valence-corrected chi connectivity index (χ1v) is 6.72. The summed E-state index contributed by atoms with van der Waals surface area (Å²) in [6.07, 6.45) is 3.53. The maximum Gasteiger partial charge on any atom is 0.251 e. The zero-order valence-corrected chi connectivity index (χ0v) is 11.7. The quantitative estimate of drug-likeness (QED) is 0.896. The van der Waals surface area contributed by atoms with Crippen LogP contribution < -0.4 is 5.56 Å². The number of H-pyrrole nitrogens is 1. The summed E-state index contributed by atoms with van der Waals surface area (Å²) in [5.41, 5.74) is 1.59. The van der Waals surface area contributed by atoms with Crippen LogP contribution >= 0.6 is 0 Å². The van der Waals surface area contributed by atoms with Gasteiger partial charge in [0.2, 0.25) is 0 Å². The van der Waals surface area contributed by atoms with Crippen LogP contribution in [0.4, 0.5) is 0 Å². The van der Waals surface area contributed by atoms with Gasteiger partial charge in [-0.2, -0.15) is 5.10 Å². The molecule has 0 aliphatic heterocycles. The summed E-state index contributed by atoms with van der Waals surface area (Å²) in [6.45, 7) is 7.14. The zero-order valence-electron chi connectivity index (χ0n) is 11.7. The van der Waals surface area contributed by atoms with Gasteiger partial charge in [-0.15, -0.1) is 0 Å². The van der Waals surface area contributed by atoms with E-state index in [0.717, 1.165) is 30.8 Å². The minimum atomic E-state index is -0.107. The molecule has 0 radical (unpaired) electrons. The molecule has 0 bridgehead atoms. The lowest BCUT2D eigenvalue weighted by Gasteiger charge is -2.08. The first-order chi connectivity index (χ1) is 9.10. The average molecular weight is 260 g/mol. The van der Waals surface area contributed by atoms with E-state index in [4.69, 9.17) is 0 Å². The first-order valence-electron chi connectivity index (χ1n) is 6.72. The highest BCUT2D eigenvalue weighted by atomic mass is 16.1. The van der Waals surface area contributed by atoms with E-state index in [9.17, 15) is 4.79 Å². The molecule has 19 heavy (non-hydrogen) atoms. The summed E-state index contributed by atoms with van der Waals surface area (Å²) >= 11 is 0. The molecule has 0 aromatic carbocycles. The van der Waals surface area contributed by atoms with Gasteiger partial charge in [-0.3, -0.25) is 9.48 Å². The van der Waals surface area contributed by atoms with Gasteiger partial charge in [0.15, 0.2) is 5.82 Å². The summed E-state index contributed by atoms with van der Waals surface area (Å²) in [4.78, 5) is 19.1. The van der Waals surface area contributed by atoms with Crippen molar-refractivity contribution in [1.29, 1.82) is 0 Å². The standard InChI is InChI=1S/C14H20N4O/c1-4-7-18-12(5-6-15-18)14-16-11(8-10(2)3)9-13(19)17-14/h5-6,9-10H,4,7-8H2,1-3H3,(H,16,17,19). The summed E-state index contributed by atoms with van der Waals surface area (Å²) in [5.74, 6) is 1.08. The van der Waals surface area contributed by atoms with Crippen molar-refractivity contribution >= 4 is 0 Å². The number of aryl methyl sites for hydroxylation is 1. The van der Waals surface area contributed by atoms with Gasteiger partial charge < -0.3 is 4.98 Å². The Morgan fingerprint density at radius 3 is 2.89 bits per heavy atom. The molecule has 0 unspecified atom stereocenters. The van der Waals surface area contributed by atoms with E-state index in [1.807, 2.05) is 10.7 Å². The summed E-state index contributed by atoms with van der Waals surface area (Å²) in [5, 5.41) is 4.26. The van der Waals surface area contributed by atoms with Crippen LogP contribution in [0.15, 0.2) is 23.1 Å². The predicted octanol–water partition coefficient (Wildman–Crippen LogP) is 2.24. The lowest BCUT2D eigenvalue weighted by atomic mass is 10.1. The number of aromatic nitrogens is 4. The molecule has 2 aromatic heterocycles. The molecule has 0 amide bonds. The SMILES string of the molecule is CCCn1nccc1-c1nc(CC(C)C)cc(=O)[nH]1. The lowest BCUT2D eigenvalue weighted by Crippen LogP contribution is -2.13. The zero-order chi connectivity index (χ0) is 13.8. The predicted molar refractivity (Wildman–Crippen MR) is 74.9 cm³/mol. The van der Waals surface area contributed by atoms with E-state index in [2.05, 4.69) is 35.8 Å². The van der Waals surface area contributed by atoms with Crippen LogP contribution in [-0.2, 0) is 13.0 Å². The van der Waals surface area contributed by atoms with Crippen molar-refractivity contribution < 1.29 is 0 Å². The fourth-order valence-corrected chi connectivity index (χ4v) is 2.08. The second kappa shape index (κ2) is 5.82. The van der Waals surface area contributed by atoms with Crippen LogP contribution in [-0.4, -0.2) is 19.7 Å². The molecule has 0 spiro atoms.